The zero-order valence-electron chi connectivity index (χ0n) is 19.4. The molecule has 0 bridgehead atoms. The van der Waals surface area contributed by atoms with E-state index in [0.29, 0.717) is 11.3 Å². The maximum Gasteiger partial charge on any atom is 0.338 e. The van der Waals surface area contributed by atoms with Crippen LogP contribution in [0.3, 0.4) is 0 Å². The molecule has 1 fully saturated rings. The second-order valence-electron chi connectivity index (χ2n) is 7.88. The number of methoxy groups -OCH3 is 1. The van der Waals surface area contributed by atoms with Crippen molar-refractivity contribution in [2.75, 3.05) is 18.6 Å². The number of rotatable bonds is 6. The average molecular weight is 508 g/mol. The molecule has 36 heavy (non-hydrogen) atoms. The minimum atomic E-state index is -1.10. The molecular weight excluding hydrogens is 486 g/mol. The van der Waals surface area contributed by atoms with Crippen molar-refractivity contribution in [1.29, 1.82) is 0 Å². The summed E-state index contributed by atoms with van der Waals surface area (Å²) in [5.41, 5.74) is 0.796. The van der Waals surface area contributed by atoms with Crippen molar-refractivity contribution in [2.24, 2.45) is 0 Å². The number of ether oxygens (including phenoxy) is 2. The van der Waals surface area contributed by atoms with Crippen LogP contribution < -0.4 is 9.64 Å². The van der Waals surface area contributed by atoms with Crippen molar-refractivity contribution in [2.45, 2.75) is 13.0 Å². The van der Waals surface area contributed by atoms with Gasteiger partial charge in [-0.25, -0.2) is 4.79 Å². The number of hydrogen-bond donors (Lipinski definition) is 2. The minimum Gasteiger partial charge on any atom is -0.508 e. The molecule has 0 radical (unpaired) electrons. The lowest BCUT2D eigenvalue weighted by atomic mass is 9.95. The summed E-state index contributed by atoms with van der Waals surface area (Å²) >= 11 is 6.22. The fourth-order valence-electron chi connectivity index (χ4n) is 4.08. The van der Waals surface area contributed by atoms with Crippen LogP contribution in [0, 0.1) is 0 Å². The molecule has 3 aromatic rings. The number of phenolic OH excluding ortho intramolecular Hbond substituents is 1. The number of benzene rings is 3. The third kappa shape index (κ3) is 4.50. The number of nitrogens with zero attached hydrogens (tertiary/aromatic N) is 1. The Hall–Kier alpha value is -4.30. The molecule has 8 nitrogen and oxygen atoms in total. The van der Waals surface area contributed by atoms with E-state index in [1.165, 1.54) is 54.5 Å². The monoisotopic (exact) mass is 507 g/mol. The molecule has 0 aliphatic carbocycles. The summed E-state index contributed by atoms with van der Waals surface area (Å²) in [7, 11) is 1.44. The molecule has 0 saturated carbocycles. The number of carbonyl (C=O) groups is 3. The van der Waals surface area contributed by atoms with Gasteiger partial charge in [0.05, 0.1) is 35.9 Å². The maximum atomic E-state index is 13.3. The van der Waals surface area contributed by atoms with E-state index in [4.69, 9.17) is 21.1 Å². The van der Waals surface area contributed by atoms with Crippen LogP contribution in [0.1, 0.15) is 34.5 Å². The van der Waals surface area contributed by atoms with Gasteiger partial charge in [-0.1, -0.05) is 29.8 Å². The first-order valence-corrected chi connectivity index (χ1v) is 11.4. The fraction of sp³-hybridized carbons (Fsp3) is 0.148. The standard InChI is InChI=1S/C27H22ClNO7/c1-3-36-27(34)17-7-4-8-18(12-17)29-23(15-6-5-9-19(30)13-15)22(25(32)26(29)33)24(31)16-10-11-21(35-2)20(28)14-16/h4-14,23,30-31H,3H2,1-2H3/b24-22+. The van der Waals surface area contributed by atoms with Crippen LogP contribution in [0.25, 0.3) is 5.76 Å². The molecule has 2 N–H and O–H groups in total. The highest BCUT2D eigenvalue weighted by atomic mass is 35.5. The lowest BCUT2D eigenvalue weighted by Gasteiger charge is -2.26. The number of aliphatic hydroxyl groups is 1. The highest BCUT2D eigenvalue weighted by Crippen LogP contribution is 2.43. The second-order valence-corrected chi connectivity index (χ2v) is 8.29. The first-order chi connectivity index (χ1) is 17.3. The molecule has 1 aliphatic rings. The van der Waals surface area contributed by atoms with E-state index in [-0.39, 0.29) is 39.8 Å². The Labute approximate surface area is 211 Å². The van der Waals surface area contributed by atoms with Gasteiger partial charge in [0, 0.05) is 11.3 Å². The third-order valence-electron chi connectivity index (χ3n) is 5.69. The van der Waals surface area contributed by atoms with Gasteiger partial charge in [0.15, 0.2) is 0 Å². The lowest BCUT2D eigenvalue weighted by Crippen LogP contribution is -2.29. The maximum absolute atomic E-state index is 13.3. The van der Waals surface area contributed by atoms with Gasteiger partial charge in [0.25, 0.3) is 11.7 Å². The van der Waals surface area contributed by atoms with E-state index in [2.05, 4.69) is 0 Å². The average Bonchev–Trinajstić information content (AvgIpc) is 3.14. The Morgan fingerprint density at radius 3 is 2.44 bits per heavy atom. The number of esters is 1. The van der Waals surface area contributed by atoms with Crippen LogP contribution in [0.4, 0.5) is 5.69 Å². The second kappa shape index (κ2) is 10.1. The van der Waals surface area contributed by atoms with Gasteiger partial charge in [-0.2, -0.15) is 0 Å². The number of anilines is 1. The van der Waals surface area contributed by atoms with Crippen molar-refractivity contribution < 1.29 is 34.1 Å². The van der Waals surface area contributed by atoms with Crippen molar-refractivity contribution in [3.8, 4) is 11.5 Å². The van der Waals surface area contributed by atoms with Crippen LogP contribution in [0.5, 0.6) is 11.5 Å². The number of aromatic hydroxyl groups is 1. The van der Waals surface area contributed by atoms with Gasteiger partial charge in [-0.05, 0) is 61.0 Å². The van der Waals surface area contributed by atoms with Gasteiger partial charge in [0.1, 0.15) is 17.3 Å². The molecule has 0 spiro atoms. The summed E-state index contributed by atoms with van der Waals surface area (Å²) in [5, 5.41) is 21.5. The number of aliphatic hydroxyl groups excluding tert-OH is 1. The molecule has 1 amide bonds. The predicted octanol–water partition coefficient (Wildman–Crippen LogP) is 4.86. The van der Waals surface area contributed by atoms with Crippen LogP contribution in [-0.2, 0) is 14.3 Å². The van der Waals surface area contributed by atoms with Crippen molar-refractivity contribution in [3.63, 3.8) is 0 Å². The van der Waals surface area contributed by atoms with Crippen LogP contribution >= 0.6 is 11.6 Å². The first-order valence-electron chi connectivity index (χ1n) is 11.0. The summed E-state index contributed by atoms with van der Waals surface area (Å²) < 4.78 is 10.2. The molecule has 0 aromatic heterocycles. The Kier molecular flexibility index (Phi) is 6.98. The van der Waals surface area contributed by atoms with E-state index in [0.717, 1.165) is 0 Å². The highest BCUT2D eigenvalue weighted by molar-refractivity contribution is 6.51. The van der Waals surface area contributed by atoms with Crippen molar-refractivity contribution >= 4 is 40.7 Å². The zero-order valence-corrected chi connectivity index (χ0v) is 20.2. The van der Waals surface area contributed by atoms with Gasteiger partial charge in [-0.3, -0.25) is 14.5 Å². The molecule has 1 aliphatic heterocycles. The lowest BCUT2D eigenvalue weighted by molar-refractivity contribution is -0.132. The summed E-state index contributed by atoms with van der Waals surface area (Å²) in [6, 6.07) is 15.5. The van der Waals surface area contributed by atoms with E-state index >= 15 is 0 Å². The molecule has 3 aromatic carbocycles. The molecular formula is C27H22ClNO7. The molecule has 1 saturated heterocycles. The van der Waals surface area contributed by atoms with E-state index in [1.807, 2.05) is 0 Å². The van der Waals surface area contributed by atoms with Gasteiger partial charge in [-0.15, -0.1) is 0 Å². The summed E-state index contributed by atoms with van der Waals surface area (Å²) in [4.78, 5) is 40.1. The van der Waals surface area contributed by atoms with Crippen molar-refractivity contribution in [1.82, 2.24) is 0 Å². The first kappa shape index (κ1) is 24.8. The number of phenols is 1. The minimum absolute atomic E-state index is 0.0918. The molecule has 1 heterocycles. The summed E-state index contributed by atoms with van der Waals surface area (Å²) in [5.74, 6) is -2.60. The van der Waals surface area contributed by atoms with Gasteiger partial charge >= 0.3 is 5.97 Å². The van der Waals surface area contributed by atoms with Gasteiger partial charge in [0.2, 0.25) is 0 Å². The number of hydrogen-bond acceptors (Lipinski definition) is 7. The number of Topliss-reactive ketones (excluding diaryl/α,β-unsaturated/α-hetero) is 1. The van der Waals surface area contributed by atoms with Crippen molar-refractivity contribution in [3.05, 3.63) is 94.0 Å². The molecule has 4 rings (SSSR count). The fourth-order valence-corrected chi connectivity index (χ4v) is 4.33. The largest absolute Gasteiger partial charge is 0.508 e. The Morgan fingerprint density at radius 2 is 1.78 bits per heavy atom. The quantitative estimate of drug-likeness (QED) is 0.212. The van der Waals surface area contributed by atoms with Crippen LogP contribution in [-0.4, -0.2) is 41.6 Å². The predicted molar refractivity (Wildman–Crippen MR) is 133 cm³/mol. The van der Waals surface area contributed by atoms with E-state index in [1.54, 1.807) is 31.2 Å². The normalized spacial score (nSPS) is 16.8. The molecule has 184 valence electrons. The highest BCUT2D eigenvalue weighted by Gasteiger charge is 2.47. The molecule has 9 heteroatoms. The summed E-state index contributed by atoms with van der Waals surface area (Å²) in [6.45, 7) is 1.84. The number of halogens is 1. The topological polar surface area (TPSA) is 113 Å². The summed E-state index contributed by atoms with van der Waals surface area (Å²) in [6.07, 6.45) is 0. The SMILES string of the molecule is CCOC(=O)c1cccc(N2C(=O)C(=O)/C(=C(/O)c3ccc(OC)c(Cl)c3)C2c2cccc(O)c2)c1. The zero-order chi connectivity index (χ0) is 26.0. The van der Waals surface area contributed by atoms with Gasteiger partial charge < -0.3 is 19.7 Å². The molecule has 1 atom stereocenters. The Bertz CT molecular complexity index is 1400. The van der Waals surface area contributed by atoms with Crippen LogP contribution in [0.15, 0.2) is 72.3 Å². The smallest absolute Gasteiger partial charge is 0.338 e. The van der Waals surface area contributed by atoms with E-state index in [9.17, 15) is 24.6 Å². The number of amides is 1. The van der Waals surface area contributed by atoms with Crippen LogP contribution in [0.2, 0.25) is 5.02 Å². The number of ketones is 1. The van der Waals surface area contributed by atoms with E-state index < -0.39 is 29.5 Å². The third-order valence-corrected chi connectivity index (χ3v) is 5.99. The molecule has 1 unspecified atom stereocenters. The Morgan fingerprint density at radius 1 is 1.03 bits per heavy atom. The number of carbonyl (C=O) groups excluding carboxylic acids is 3. The Balaban J connectivity index is 1.92.